The van der Waals surface area contributed by atoms with Crippen molar-refractivity contribution in [3.8, 4) is 0 Å². The summed E-state index contributed by atoms with van der Waals surface area (Å²) >= 11 is 0. The van der Waals surface area contributed by atoms with Crippen LogP contribution >= 0.6 is 0 Å². The van der Waals surface area contributed by atoms with Crippen molar-refractivity contribution >= 4 is 0 Å². The third-order valence-corrected chi connectivity index (χ3v) is 3.93. The average Bonchev–Trinajstić information content (AvgIpc) is 2.51. The summed E-state index contributed by atoms with van der Waals surface area (Å²) in [6, 6.07) is 9.30. The number of nitrogens with zero attached hydrogens (tertiary/aromatic N) is 1. The van der Waals surface area contributed by atoms with E-state index in [0.717, 1.165) is 45.4 Å². The molecule has 0 bridgehead atoms. The molecular formula is C18H32N2O. The second-order valence-corrected chi connectivity index (χ2v) is 5.72. The van der Waals surface area contributed by atoms with Crippen molar-refractivity contribution in [1.82, 2.24) is 10.2 Å². The van der Waals surface area contributed by atoms with Gasteiger partial charge >= 0.3 is 0 Å². The molecule has 0 aliphatic rings. The Morgan fingerprint density at radius 3 is 2.43 bits per heavy atom. The first-order valence-electron chi connectivity index (χ1n) is 8.34. The van der Waals surface area contributed by atoms with Gasteiger partial charge in [0.25, 0.3) is 0 Å². The molecule has 120 valence electrons. The third kappa shape index (κ3) is 7.07. The Balaban J connectivity index is 2.58. The summed E-state index contributed by atoms with van der Waals surface area (Å²) in [5.41, 5.74) is 2.69. The minimum absolute atomic E-state index is 0.284. The molecule has 1 atom stereocenters. The fourth-order valence-electron chi connectivity index (χ4n) is 2.54. The van der Waals surface area contributed by atoms with Gasteiger partial charge in [-0.3, -0.25) is 0 Å². The monoisotopic (exact) mass is 292 g/mol. The Hall–Kier alpha value is -0.900. The first kappa shape index (κ1) is 18.1. The van der Waals surface area contributed by atoms with Crippen LogP contribution in [0.3, 0.4) is 0 Å². The van der Waals surface area contributed by atoms with Crippen molar-refractivity contribution in [1.29, 1.82) is 0 Å². The second-order valence-electron chi connectivity index (χ2n) is 5.72. The summed E-state index contributed by atoms with van der Waals surface area (Å²) in [4.78, 5) is 2.42. The molecule has 2 N–H and O–H groups in total. The van der Waals surface area contributed by atoms with E-state index in [-0.39, 0.29) is 6.61 Å². The Morgan fingerprint density at radius 2 is 1.86 bits per heavy atom. The highest BCUT2D eigenvalue weighted by Crippen LogP contribution is 2.18. The van der Waals surface area contributed by atoms with E-state index in [0.29, 0.717) is 6.04 Å². The van der Waals surface area contributed by atoms with Crippen LogP contribution in [0.5, 0.6) is 0 Å². The van der Waals surface area contributed by atoms with Crippen LogP contribution in [0.4, 0.5) is 0 Å². The van der Waals surface area contributed by atoms with Crippen LogP contribution in [0.1, 0.15) is 50.3 Å². The Bertz CT molecular complexity index is 364. The molecule has 1 unspecified atom stereocenters. The smallest absolute Gasteiger partial charge is 0.0443 e. The van der Waals surface area contributed by atoms with E-state index in [1.54, 1.807) is 0 Å². The van der Waals surface area contributed by atoms with Gasteiger partial charge in [0.1, 0.15) is 0 Å². The van der Waals surface area contributed by atoms with Crippen LogP contribution in [0, 0.1) is 6.92 Å². The molecule has 0 fully saturated rings. The molecule has 0 aromatic heterocycles. The fourth-order valence-corrected chi connectivity index (χ4v) is 2.54. The maximum atomic E-state index is 8.97. The van der Waals surface area contributed by atoms with Gasteiger partial charge in [-0.1, -0.05) is 43.7 Å². The van der Waals surface area contributed by atoms with Gasteiger partial charge in [-0.15, -0.1) is 0 Å². The van der Waals surface area contributed by atoms with Crippen LogP contribution in [0.15, 0.2) is 24.3 Å². The molecule has 0 aliphatic carbocycles. The van der Waals surface area contributed by atoms with Gasteiger partial charge < -0.3 is 15.3 Å². The SMILES string of the molecule is CCCNC(CCN(CC)CCCO)c1ccc(C)cc1. The van der Waals surface area contributed by atoms with E-state index >= 15 is 0 Å². The highest BCUT2D eigenvalue weighted by Gasteiger charge is 2.12. The zero-order valence-corrected chi connectivity index (χ0v) is 13.9. The Kier molecular flexibility index (Phi) is 9.31. The van der Waals surface area contributed by atoms with E-state index in [4.69, 9.17) is 5.11 Å². The molecule has 0 amide bonds. The Morgan fingerprint density at radius 1 is 1.14 bits per heavy atom. The van der Waals surface area contributed by atoms with E-state index in [1.165, 1.54) is 11.1 Å². The third-order valence-electron chi connectivity index (χ3n) is 3.93. The van der Waals surface area contributed by atoms with Crippen LogP contribution in [0.25, 0.3) is 0 Å². The minimum Gasteiger partial charge on any atom is -0.396 e. The zero-order chi connectivity index (χ0) is 15.5. The van der Waals surface area contributed by atoms with Crippen molar-refractivity contribution in [2.45, 2.75) is 46.1 Å². The first-order valence-corrected chi connectivity index (χ1v) is 8.34. The van der Waals surface area contributed by atoms with Crippen molar-refractivity contribution in [3.63, 3.8) is 0 Å². The minimum atomic E-state index is 0.284. The number of hydrogen-bond acceptors (Lipinski definition) is 3. The number of nitrogens with one attached hydrogen (secondary N) is 1. The number of benzene rings is 1. The molecule has 0 radical (unpaired) electrons. The molecule has 0 aliphatic heterocycles. The topological polar surface area (TPSA) is 35.5 Å². The van der Waals surface area contributed by atoms with Crippen molar-refractivity contribution in [3.05, 3.63) is 35.4 Å². The van der Waals surface area contributed by atoms with E-state index in [9.17, 15) is 0 Å². The van der Waals surface area contributed by atoms with Gasteiger partial charge in [0, 0.05) is 19.2 Å². The molecule has 0 saturated heterocycles. The number of aryl methyl sites for hydroxylation is 1. The number of hydrogen-bond donors (Lipinski definition) is 2. The lowest BCUT2D eigenvalue weighted by molar-refractivity contribution is 0.222. The zero-order valence-electron chi connectivity index (χ0n) is 13.9. The molecule has 3 nitrogen and oxygen atoms in total. The predicted octanol–water partition coefficient (Wildman–Crippen LogP) is 3.13. The van der Waals surface area contributed by atoms with E-state index < -0.39 is 0 Å². The lowest BCUT2D eigenvalue weighted by Gasteiger charge is -2.25. The van der Waals surface area contributed by atoms with Crippen LogP contribution in [-0.2, 0) is 0 Å². The molecule has 0 heterocycles. The van der Waals surface area contributed by atoms with Crippen LogP contribution in [-0.4, -0.2) is 42.8 Å². The van der Waals surface area contributed by atoms with Gasteiger partial charge in [0.05, 0.1) is 0 Å². The van der Waals surface area contributed by atoms with Crippen LogP contribution in [0.2, 0.25) is 0 Å². The molecule has 1 aromatic rings. The predicted molar refractivity (Wildman–Crippen MR) is 90.6 cm³/mol. The largest absolute Gasteiger partial charge is 0.396 e. The van der Waals surface area contributed by atoms with E-state index in [2.05, 4.69) is 55.3 Å². The lowest BCUT2D eigenvalue weighted by Crippen LogP contribution is -2.31. The molecular weight excluding hydrogens is 260 g/mol. The van der Waals surface area contributed by atoms with Gasteiger partial charge in [-0.2, -0.15) is 0 Å². The number of aliphatic hydroxyl groups is 1. The van der Waals surface area contributed by atoms with Crippen LogP contribution < -0.4 is 5.32 Å². The van der Waals surface area contributed by atoms with Gasteiger partial charge in [-0.25, -0.2) is 0 Å². The molecule has 1 aromatic carbocycles. The summed E-state index contributed by atoms with van der Waals surface area (Å²) in [5, 5.41) is 12.6. The van der Waals surface area contributed by atoms with Gasteiger partial charge in [0.15, 0.2) is 0 Å². The Labute approximate surface area is 130 Å². The van der Waals surface area contributed by atoms with Crippen molar-refractivity contribution in [2.24, 2.45) is 0 Å². The first-order chi connectivity index (χ1) is 10.2. The highest BCUT2D eigenvalue weighted by atomic mass is 16.3. The fraction of sp³-hybridized carbons (Fsp3) is 0.667. The van der Waals surface area contributed by atoms with Crippen molar-refractivity contribution < 1.29 is 5.11 Å². The molecule has 0 saturated carbocycles. The second kappa shape index (κ2) is 10.8. The normalized spacial score (nSPS) is 12.8. The standard InChI is InChI=1S/C18H32N2O/c1-4-12-19-18(17-9-7-16(3)8-10-17)11-14-20(5-2)13-6-15-21/h7-10,18-19,21H,4-6,11-15H2,1-3H3. The average molecular weight is 292 g/mol. The quantitative estimate of drug-likeness (QED) is 0.658. The molecule has 1 rings (SSSR count). The summed E-state index contributed by atoms with van der Waals surface area (Å²) in [6.45, 7) is 11.0. The molecule has 0 spiro atoms. The summed E-state index contributed by atoms with van der Waals surface area (Å²) in [5.74, 6) is 0. The van der Waals surface area contributed by atoms with Crippen molar-refractivity contribution in [2.75, 3.05) is 32.8 Å². The summed E-state index contributed by atoms with van der Waals surface area (Å²) < 4.78 is 0. The maximum absolute atomic E-state index is 8.97. The van der Waals surface area contributed by atoms with Gasteiger partial charge in [-0.05, 0) is 51.4 Å². The maximum Gasteiger partial charge on any atom is 0.0443 e. The van der Waals surface area contributed by atoms with Gasteiger partial charge in [0.2, 0.25) is 0 Å². The molecule has 3 heteroatoms. The number of aliphatic hydroxyl groups excluding tert-OH is 1. The lowest BCUT2D eigenvalue weighted by atomic mass is 10.0. The highest BCUT2D eigenvalue weighted by molar-refractivity contribution is 5.24. The number of rotatable bonds is 11. The summed E-state index contributed by atoms with van der Waals surface area (Å²) in [7, 11) is 0. The molecule has 21 heavy (non-hydrogen) atoms. The summed E-state index contributed by atoms with van der Waals surface area (Å²) in [6.07, 6.45) is 3.14. The van der Waals surface area contributed by atoms with E-state index in [1.807, 2.05) is 0 Å².